The molecule has 2 aromatic carbocycles. The molecule has 0 saturated heterocycles. The second-order valence-electron chi connectivity index (χ2n) is 5.33. The highest BCUT2D eigenvalue weighted by molar-refractivity contribution is 7.19. The molecule has 0 aliphatic carbocycles. The van der Waals surface area contributed by atoms with Crippen molar-refractivity contribution in [1.82, 2.24) is 10.3 Å². The van der Waals surface area contributed by atoms with E-state index in [1.54, 1.807) is 34.8 Å². The number of thiazole rings is 1. The molecular weight excluding hydrogens is 336 g/mol. The number of hydrogen-bond donors (Lipinski definition) is 1. The molecule has 2 heterocycles. The molecule has 1 N–H and O–H groups in total. The van der Waals surface area contributed by atoms with Crippen molar-refractivity contribution in [3.8, 4) is 0 Å². The van der Waals surface area contributed by atoms with Gasteiger partial charge in [0.15, 0.2) is 0 Å². The first-order valence-corrected chi connectivity index (χ1v) is 9.26. The van der Waals surface area contributed by atoms with Gasteiger partial charge in [-0.3, -0.25) is 4.79 Å². The molecule has 4 rings (SSSR count). The maximum absolute atomic E-state index is 12.0. The summed E-state index contributed by atoms with van der Waals surface area (Å²) in [6.45, 7) is 0.535. The van der Waals surface area contributed by atoms with Crippen molar-refractivity contribution in [2.75, 3.05) is 0 Å². The number of carbonyl (C=O) groups excluding carboxylic acids is 1. The lowest BCUT2D eigenvalue weighted by molar-refractivity contribution is -0.116. The fourth-order valence-electron chi connectivity index (χ4n) is 2.52. The van der Waals surface area contributed by atoms with Gasteiger partial charge in [-0.15, -0.1) is 22.7 Å². The Morgan fingerprint density at radius 3 is 2.75 bits per heavy atom. The fraction of sp³-hybridized carbons (Fsp3) is 0.0526. The number of thiophene rings is 1. The van der Waals surface area contributed by atoms with E-state index in [9.17, 15) is 4.79 Å². The Bertz CT molecular complexity index is 1010. The highest BCUT2D eigenvalue weighted by Crippen LogP contribution is 2.25. The van der Waals surface area contributed by atoms with Gasteiger partial charge in [-0.2, -0.15) is 0 Å². The summed E-state index contributed by atoms with van der Waals surface area (Å²) in [5.74, 6) is -0.107. The highest BCUT2D eigenvalue weighted by Gasteiger charge is 2.05. The van der Waals surface area contributed by atoms with E-state index in [2.05, 4.69) is 27.8 Å². The Balaban J connectivity index is 1.42. The van der Waals surface area contributed by atoms with Gasteiger partial charge >= 0.3 is 0 Å². The molecule has 0 radical (unpaired) electrons. The first-order chi connectivity index (χ1) is 11.8. The van der Waals surface area contributed by atoms with E-state index >= 15 is 0 Å². The van der Waals surface area contributed by atoms with Gasteiger partial charge in [-0.1, -0.05) is 30.3 Å². The summed E-state index contributed by atoms with van der Waals surface area (Å²) in [6.07, 6.45) is 3.32. The molecule has 5 heteroatoms. The Hall–Kier alpha value is -2.50. The van der Waals surface area contributed by atoms with Crippen LogP contribution in [0.15, 0.2) is 60.0 Å². The average Bonchev–Trinajstić information content (AvgIpc) is 3.21. The van der Waals surface area contributed by atoms with Crippen LogP contribution in [0.2, 0.25) is 0 Å². The molecule has 0 aliphatic rings. The summed E-state index contributed by atoms with van der Waals surface area (Å²) in [7, 11) is 0. The first kappa shape index (κ1) is 15.1. The van der Waals surface area contributed by atoms with Gasteiger partial charge in [-0.25, -0.2) is 4.98 Å². The molecule has 0 spiro atoms. The smallest absolute Gasteiger partial charge is 0.244 e. The predicted octanol–water partition coefficient (Wildman–Crippen LogP) is 4.84. The number of amides is 1. The van der Waals surface area contributed by atoms with Crippen LogP contribution in [0, 0.1) is 0 Å². The van der Waals surface area contributed by atoms with E-state index in [1.165, 1.54) is 10.1 Å². The zero-order valence-corrected chi connectivity index (χ0v) is 14.4. The summed E-state index contributed by atoms with van der Waals surface area (Å²) < 4.78 is 2.37. The number of para-hydroxylation sites is 1. The number of carbonyl (C=O) groups is 1. The molecule has 4 aromatic rings. The van der Waals surface area contributed by atoms with Crippen LogP contribution < -0.4 is 5.32 Å². The number of rotatable bonds is 4. The van der Waals surface area contributed by atoms with Crippen molar-refractivity contribution in [3.63, 3.8) is 0 Å². The van der Waals surface area contributed by atoms with E-state index in [0.29, 0.717) is 6.54 Å². The second-order valence-corrected chi connectivity index (χ2v) is 7.30. The second kappa shape index (κ2) is 6.55. The van der Waals surface area contributed by atoms with Gasteiger partial charge in [0.1, 0.15) is 5.01 Å². The summed E-state index contributed by atoms with van der Waals surface area (Å²) >= 11 is 3.28. The minimum Gasteiger partial charge on any atom is -0.348 e. The molecule has 24 heavy (non-hydrogen) atoms. The third-order valence-electron chi connectivity index (χ3n) is 3.70. The van der Waals surface area contributed by atoms with Crippen LogP contribution in [0.3, 0.4) is 0 Å². The SMILES string of the molecule is O=C(/C=C/c1nc2ccccc2s1)NCc1csc2ccccc12. The standard InChI is InChI=1S/C19H14N2OS2/c22-18(9-10-19-21-15-6-2-4-8-17(15)24-19)20-11-13-12-23-16-7-3-1-5-14(13)16/h1-10,12H,11H2,(H,20,22)/b10-9+. The van der Waals surface area contributed by atoms with Gasteiger partial charge in [-0.05, 0) is 40.6 Å². The lowest BCUT2D eigenvalue weighted by atomic mass is 10.2. The maximum atomic E-state index is 12.0. The molecular formula is C19H14N2OS2. The van der Waals surface area contributed by atoms with Crippen molar-refractivity contribution >= 4 is 55.0 Å². The van der Waals surface area contributed by atoms with E-state index in [1.807, 2.05) is 36.4 Å². The predicted molar refractivity (Wildman–Crippen MR) is 102 cm³/mol. The van der Waals surface area contributed by atoms with Gasteiger partial charge in [0, 0.05) is 17.3 Å². The lowest BCUT2D eigenvalue weighted by Gasteiger charge is -2.00. The normalized spacial score (nSPS) is 11.5. The van der Waals surface area contributed by atoms with Crippen molar-refractivity contribution in [3.05, 3.63) is 70.6 Å². The van der Waals surface area contributed by atoms with Crippen molar-refractivity contribution in [2.45, 2.75) is 6.54 Å². The molecule has 0 bridgehead atoms. The molecule has 1 amide bonds. The minimum atomic E-state index is -0.107. The molecule has 0 atom stereocenters. The van der Waals surface area contributed by atoms with E-state index in [4.69, 9.17) is 0 Å². The molecule has 0 fully saturated rings. The molecule has 2 aromatic heterocycles. The van der Waals surface area contributed by atoms with E-state index in [0.717, 1.165) is 20.8 Å². The largest absolute Gasteiger partial charge is 0.348 e. The summed E-state index contributed by atoms with van der Waals surface area (Å²) in [5, 5.41) is 7.08. The van der Waals surface area contributed by atoms with Crippen molar-refractivity contribution in [1.29, 1.82) is 0 Å². The lowest BCUT2D eigenvalue weighted by Crippen LogP contribution is -2.19. The number of hydrogen-bond acceptors (Lipinski definition) is 4. The van der Waals surface area contributed by atoms with Crippen LogP contribution >= 0.6 is 22.7 Å². The Labute approximate surface area is 147 Å². The van der Waals surface area contributed by atoms with Crippen LogP contribution in [-0.4, -0.2) is 10.9 Å². The Morgan fingerprint density at radius 2 is 1.88 bits per heavy atom. The van der Waals surface area contributed by atoms with Crippen LogP contribution in [0.25, 0.3) is 26.4 Å². The van der Waals surface area contributed by atoms with Gasteiger partial charge in [0.25, 0.3) is 0 Å². The van der Waals surface area contributed by atoms with Gasteiger partial charge in [0.2, 0.25) is 5.91 Å². The molecule has 3 nitrogen and oxygen atoms in total. The molecule has 0 saturated carbocycles. The maximum Gasteiger partial charge on any atom is 0.244 e. The van der Waals surface area contributed by atoms with Crippen LogP contribution in [0.1, 0.15) is 10.6 Å². The Kier molecular flexibility index (Phi) is 4.11. The number of fused-ring (bicyclic) bond motifs is 2. The van der Waals surface area contributed by atoms with E-state index in [-0.39, 0.29) is 5.91 Å². The van der Waals surface area contributed by atoms with Crippen LogP contribution in [0.5, 0.6) is 0 Å². The topological polar surface area (TPSA) is 42.0 Å². The van der Waals surface area contributed by atoms with Crippen LogP contribution in [-0.2, 0) is 11.3 Å². The Morgan fingerprint density at radius 1 is 1.08 bits per heavy atom. The molecule has 118 valence electrons. The number of aromatic nitrogens is 1. The summed E-state index contributed by atoms with van der Waals surface area (Å²) in [5.41, 5.74) is 2.12. The molecule has 0 unspecified atom stereocenters. The zero-order chi connectivity index (χ0) is 16.4. The summed E-state index contributed by atoms with van der Waals surface area (Å²) in [4.78, 5) is 16.5. The van der Waals surface area contributed by atoms with Crippen LogP contribution in [0.4, 0.5) is 0 Å². The first-order valence-electron chi connectivity index (χ1n) is 7.56. The zero-order valence-electron chi connectivity index (χ0n) is 12.7. The van der Waals surface area contributed by atoms with Crippen molar-refractivity contribution < 1.29 is 4.79 Å². The highest BCUT2D eigenvalue weighted by atomic mass is 32.1. The third-order valence-corrected chi connectivity index (χ3v) is 5.72. The third kappa shape index (κ3) is 3.09. The average molecular weight is 350 g/mol. The number of benzene rings is 2. The number of nitrogens with one attached hydrogen (secondary N) is 1. The van der Waals surface area contributed by atoms with Gasteiger partial charge < -0.3 is 5.32 Å². The summed E-state index contributed by atoms with van der Waals surface area (Å²) in [6, 6.07) is 16.2. The monoisotopic (exact) mass is 350 g/mol. The van der Waals surface area contributed by atoms with Crippen molar-refractivity contribution in [2.24, 2.45) is 0 Å². The number of nitrogens with zero attached hydrogens (tertiary/aromatic N) is 1. The quantitative estimate of drug-likeness (QED) is 0.535. The molecule has 0 aliphatic heterocycles. The minimum absolute atomic E-state index is 0.107. The van der Waals surface area contributed by atoms with Gasteiger partial charge in [0.05, 0.1) is 10.2 Å². The fourth-order valence-corrected chi connectivity index (χ4v) is 4.35. The van der Waals surface area contributed by atoms with E-state index < -0.39 is 0 Å².